The molecule has 1 fully saturated rings. The Morgan fingerprint density at radius 1 is 1.10 bits per heavy atom. The van der Waals surface area contributed by atoms with Gasteiger partial charge >= 0.3 is 0 Å². The van der Waals surface area contributed by atoms with Gasteiger partial charge < -0.3 is 5.32 Å². The summed E-state index contributed by atoms with van der Waals surface area (Å²) < 4.78 is 0. The molecule has 1 N–H and O–H groups in total. The van der Waals surface area contributed by atoms with Crippen LogP contribution in [0.4, 0.5) is 5.69 Å². The molecule has 1 aliphatic carbocycles. The Hall–Kier alpha value is -1.48. The van der Waals surface area contributed by atoms with Crippen molar-refractivity contribution < 1.29 is 0 Å². The van der Waals surface area contributed by atoms with E-state index in [1.807, 2.05) is 24.0 Å². The van der Waals surface area contributed by atoms with E-state index in [9.17, 15) is 0 Å². The van der Waals surface area contributed by atoms with E-state index in [2.05, 4.69) is 40.6 Å². The molecule has 0 spiro atoms. The predicted molar refractivity (Wildman–Crippen MR) is 86.1 cm³/mol. The number of thioether (sulfide) groups is 1. The highest BCUT2D eigenvalue weighted by molar-refractivity contribution is 8.00. The fourth-order valence-electron chi connectivity index (χ4n) is 2.56. The minimum absolute atomic E-state index is 0.822. The number of benzene rings is 1. The molecule has 3 rings (SSSR count). The number of nitrogens with zero attached hydrogens (tertiary/aromatic N) is 1. The molecule has 0 atom stereocenters. The van der Waals surface area contributed by atoms with Crippen LogP contribution in [0.1, 0.15) is 31.2 Å². The van der Waals surface area contributed by atoms with Crippen molar-refractivity contribution in [2.24, 2.45) is 0 Å². The molecule has 3 heteroatoms. The zero-order valence-corrected chi connectivity index (χ0v) is 12.4. The lowest BCUT2D eigenvalue weighted by Gasteiger charge is -2.10. The summed E-state index contributed by atoms with van der Waals surface area (Å²) in [5, 5.41) is 4.27. The molecule has 1 heterocycles. The van der Waals surface area contributed by atoms with Crippen molar-refractivity contribution in [3.8, 4) is 0 Å². The number of pyridine rings is 1. The third-order valence-corrected chi connectivity index (χ3v) is 5.03. The van der Waals surface area contributed by atoms with Gasteiger partial charge in [-0.1, -0.05) is 18.9 Å². The van der Waals surface area contributed by atoms with Crippen LogP contribution in [0.2, 0.25) is 0 Å². The van der Waals surface area contributed by atoms with Gasteiger partial charge in [-0.25, -0.2) is 0 Å². The molecule has 1 saturated carbocycles. The smallest absolute Gasteiger partial charge is 0.0416 e. The highest BCUT2D eigenvalue weighted by Gasteiger charge is 2.15. The predicted octanol–water partition coefficient (Wildman–Crippen LogP) is 4.73. The first-order valence-corrected chi connectivity index (χ1v) is 8.17. The quantitative estimate of drug-likeness (QED) is 0.859. The fraction of sp³-hybridized carbons (Fsp3) is 0.353. The number of aromatic nitrogens is 1. The number of hydrogen-bond donors (Lipinski definition) is 1. The highest BCUT2D eigenvalue weighted by atomic mass is 32.2. The van der Waals surface area contributed by atoms with E-state index in [1.165, 1.54) is 41.8 Å². The summed E-state index contributed by atoms with van der Waals surface area (Å²) in [6, 6.07) is 12.9. The minimum Gasteiger partial charge on any atom is -0.381 e. The first-order chi connectivity index (χ1) is 9.90. The third-order valence-electron chi connectivity index (χ3n) is 3.68. The van der Waals surface area contributed by atoms with Crippen molar-refractivity contribution in [3.05, 3.63) is 54.4 Å². The largest absolute Gasteiger partial charge is 0.381 e. The van der Waals surface area contributed by atoms with E-state index < -0.39 is 0 Å². The normalized spacial score (nSPS) is 15.4. The number of rotatable bonds is 5. The SMILES string of the molecule is c1cncc(CNc2ccc(SC3CCCC3)cc2)c1. The van der Waals surface area contributed by atoms with Crippen LogP contribution in [0, 0.1) is 0 Å². The second-order valence-corrected chi connectivity index (χ2v) is 6.64. The summed E-state index contributed by atoms with van der Waals surface area (Å²) in [4.78, 5) is 5.52. The Morgan fingerprint density at radius 2 is 1.90 bits per heavy atom. The lowest BCUT2D eigenvalue weighted by molar-refractivity contribution is 0.886. The van der Waals surface area contributed by atoms with Crippen molar-refractivity contribution in [2.75, 3.05) is 5.32 Å². The molecule has 1 aliphatic rings. The molecule has 2 aromatic rings. The average molecular weight is 284 g/mol. The molecule has 0 unspecified atom stereocenters. The Morgan fingerprint density at radius 3 is 2.60 bits per heavy atom. The van der Waals surface area contributed by atoms with Crippen LogP contribution in [-0.4, -0.2) is 10.2 Å². The molecule has 0 saturated heterocycles. The second-order valence-electron chi connectivity index (χ2n) is 5.26. The van der Waals surface area contributed by atoms with Gasteiger partial charge in [-0.2, -0.15) is 0 Å². The maximum absolute atomic E-state index is 4.13. The van der Waals surface area contributed by atoms with E-state index in [4.69, 9.17) is 0 Å². The molecular weight excluding hydrogens is 264 g/mol. The maximum atomic E-state index is 4.13. The molecule has 0 aliphatic heterocycles. The molecule has 0 bridgehead atoms. The Kier molecular flexibility index (Phi) is 4.59. The monoisotopic (exact) mass is 284 g/mol. The first-order valence-electron chi connectivity index (χ1n) is 7.30. The van der Waals surface area contributed by atoms with Crippen molar-refractivity contribution in [3.63, 3.8) is 0 Å². The van der Waals surface area contributed by atoms with E-state index in [0.29, 0.717) is 0 Å². The number of hydrogen-bond acceptors (Lipinski definition) is 3. The van der Waals surface area contributed by atoms with Crippen molar-refractivity contribution in [1.29, 1.82) is 0 Å². The molecule has 2 nitrogen and oxygen atoms in total. The van der Waals surface area contributed by atoms with Crippen LogP contribution in [0.5, 0.6) is 0 Å². The molecule has 1 aromatic carbocycles. The fourth-order valence-corrected chi connectivity index (χ4v) is 3.80. The highest BCUT2D eigenvalue weighted by Crippen LogP contribution is 2.34. The standard InChI is InChI=1S/C17H20N2S/c1-2-6-16(5-1)20-17-9-7-15(8-10-17)19-13-14-4-3-11-18-12-14/h3-4,7-12,16,19H,1-2,5-6,13H2. The van der Waals surface area contributed by atoms with Crippen molar-refractivity contribution in [1.82, 2.24) is 4.98 Å². The first kappa shape index (κ1) is 13.5. The Labute approximate surface area is 125 Å². The van der Waals surface area contributed by atoms with Gasteiger partial charge in [0.05, 0.1) is 0 Å². The van der Waals surface area contributed by atoms with Gasteiger partial charge in [0.1, 0.15) is 0 Å². The van der Waals surface area contributed by atoms with E-state index >= 15 is 0 Å². The van der Waals surface area contributed by atoms with Gasteiger partial charge in [0.15, 0.2) is 0 Å². The lowest BCUT2D eigenvalue weighted by atomic mass is 10.2. The van der Waals surface area contributed by atoms with Gasteiger partial charge in [-0.3, -0.25) is 4.98 Å². The van der Waals surface area contributed by atoms with Gasteiger partial charge in [0, 0.05) is 34.8 Å². The summed E-state index contributed by atoms with van der Waals surface area (Å²) in [7, 11) is 0. The molecule has 0 radical (unpaired) electrons. The summed E-state index contributed by atoms with van der Waals surface area (Å²) in [5.74, 6) is 0. The van der Waals surface area contributed by atoms with Gasteiger partial charge in [-0.15, -0.1) is 11.8 Å². The second kappa shape index (κ2) is 6.80. The van der Waals surface area contributed by atoms with Crippen LogP contribution >= 0.6 is 11.8 Å². The topological polar surface area (TPSA) is 24.9 Å². The van der Waals surface area contributed by atoms with Crippen molar-refractivity contribution in [2.45, 2.75) is 42.4 Å². The maximum Gasteiger partial charge on any atom is 0.0416 e. The van der Waals surface area contributed by atoms with Crippen LogP contribution in [0.3, 0.4) is 0 Å². The minimum atomic E-state index is 0.822. The van der Waals surface area contributed by atoms with Gasteiger partial charge in [-0.05, 0) is 48.7 Å². The zero-order chi connectivity index (χ0) is 13.6. The molecule has 104 valence electrons. The van der Waals surface area contributed by atoms with Crippen LogP contribution in [0.15, 0.2) is 53.7 Å². The van der Waals surface area contributed by atoms with E-state index in [1.54, 1.807) is 6.20 Å². The third kappa shape index (κ3) is 3.76. The molecule has 1 aromatic heterocycles. The van der Waals surface area contributed by atoms with E-state index in [-0.39, 0.29) is 0 Å². The summed E-state index contributed by atoms with van der Waals surface area (Å²) >= 11 is 2.04. The Bertz CT molecular complexity index is 518. The van der Waals surface area contributed by atoms with E-state index in [0.717, 1.165) is 11.8 Å². The number of anilines is 1. The molecule has 20 heavy (non-hydrogen) atoms. The van der Waals surface area contributed by atoms with Gasteiger partial charge in [0.25, 0.3) is 0 Å². The van der Waals surface area contributed by atoms with Crippen LogP contribution < -0.4 is 5.32 Å². The lowest BCUT2D eigenvalue weighted by Crippen LogP contribution is -1.99. The Balaban J connectivity index is 1.53. The summed E-state index contributed by atoms with van der Waals surface area (Å²) in [6.07, 6.45) is 9.28. The summed E-state index contributed by atoms with van der Waals surface area (Å²) in [6.45, 7) is 0.822. The van der Waals surface area contributed by atoms with Crippen LogP contribution in [0.25, 0.3) is 0 Å². The summed E-state index contributed by atoms with van der Waals surface area (Å²) in [5.41, 5.74) is 2.38. The number of nitrogens with one attached hydrogen (secondary N) is 1. The van der Waals surface area contributed by atoms with Crippen LogP contribution in [-0.2, 0) is 6.54 Å². The average Bonchev–Trinajstić information content (AvgIpc) is 3.01. The van der Waals surface area contributed by atoms with Crippen molar-refractivity contribution >= 4 is 17.4 Å². The molecular formula is C17H20N2S. The van der Waals surface area contributed by atoms with Gasteiger partial charge in [0.2, 0.25) is 0 Å². The zero-order valence-electron chi connectivity index (χ0n) is 11.6. The molecule has 0 amide bonds.